The Labute approximate surface area is 140 Å². The maximum Gasteiger partial charge on any atom is 0.346 e. The van der Waals surface area contributed by atoms with Crippen molar-refractivity contribution in [3.05, 3.63) is 42.9 Å². The molecule has 2 heterocycles. The fraction of sp³-hybridized carbons (Fsp3) is 0. The topological polar surface area (TPSA) is 127 Å². The Hall–Kier alpha value is -1.56. The van der Waals surface area contributed by atoms with Gasteiger partial charge in [-0.2, -0.15) is 0 Å². The van der Waals surface area contributed by atoms with Crippen LogP contribution >= 0.6 is 38.9 Å². The fourth-order valence-electron chi connectivity index (χ4n) is 1.47. The number of pyridine rings is 1. The van der Waals surface area contributed by atoms with E-state index >= 15 is 0 Å². The van der Waals surface area contributed by atoms with Crippen molar-refractivity contribution in [3.63, 3.8) is 0 Å². The summed E-state index contributed by atoms with van der Waals surface area (Å²) in [5, 5.41) is 19.1. The molecule has 0 radical (unpaired) electrons. The van der Waals surface area contributed by atoms with Crippen molar-refractivity contribution in [1.82, 2.24) is 4.98 Å². The van der Waals surface area contributed by atoms with E-state index in [1.807, 2.05) is 0 Å². The Balaban J connectivity index is 2.70. The fourth-order valence-corrected chi connectivity index (χ4v) is 4.45. The van der Waals surface area contributed by atoms with Crippen molar-refractivity contribution in [2.24, 2.45) is 0 Å². The zero-order valence-electron chi connectivity index (χ0n) is 10.2. The molecular weight excluding hydrogens is 424 g/mol. The summed E-state index contributed by atoms with van der Waals surface area (Å²) in [5.74, 6) is -1.46. The summed E-state index contributed by atoms with van der Waals surface area (Å²) >= 11 is 9.02. The van der Waals surface area contributed by atoms with E-state index in [9.17, 15) is 23.3 Å². The van der Waals surface area contributed by atoms with E-state index in [1.54, 1.807) is 0 Å². The third-order valence-corrected chi connectivity index (χ3v) is 6.51. The SMILES string of the molecule is O=C(O)c1cc(S(=O)(=O)c2cnc(Br)c(Cl)c2)c([N+](=O)[O-])s1. The highest BCUT2D eigenvalue weighted by Gasteiger charge is 2.33. The molecule has 0 aliphatic rings. The second-order valence-corrected chi connectivity index (χ2v) is 7.90. The summed E-state index contributed by atoms with van der Waals surface area (Å²) in [6.45, 7) is 0. The lowest BCUT2D eigenvalue weighted by atomic mass is 10.5. The Morgan fingerprint density at radius 3 is 2.59 bits per heavy atom. The minimum atomic E-state index is -4.33. The van der Waals surface area contributed by atoms with Crippen LogP contribution in [0.25, 0.3) is 0 Å². The van der Waals surface area contributed by atoms with E-state index in [-0.39, 0.29) is 25.9 Å². The number of sulfone groups is 1. The third-order valence-electron chi connectivity index (χ3n) is 2.43. The van der Waals surface area contributed by atoms with Crippen LogP contribution in [0.3, 0.4) is 0 Å². The number of hydrogen-bond acceptors (Lipinski definition) is 7. The van der Waals surface area contributed by atoms with Crippen LogP contribution in [0.15, 0.2) is 32.7 Å². The molecule has 8 nitrogen and oxygen atoms in total. The van der Waals surface area contributed by atoms with Gasteiger partial charge in [-0.3, -0.25) is 10.1 Å². The van der Waals surface area contributed by atoms with Crippen LogP contribution in [0.1, 0.15) is 9.67 Å². The van der Waals surface area contributed by atoms with Gasteiger partial charge in [-0.15, -0.1) is 0 Å². The predicted octanol–water partition coefficient (Wildman–Crippen LogP) is 3.00. The zero-order chi connectivity index (χ0) is 16.7. The monoisotopic (exact) mass is 426 g/mol. The van der Waals surface area contributed by atoms with Crippen LogP contribution in [0, 0.1) is 10.1 Å². The van der Waals surface area contributed by atoms with Gasteiger partial charge in [-0.05, 0) is 28.1 Å². The van der Waals surface area contributed by atoms with Crippen LogP contribution in [-0.2, 0) is 9.84 Å². The molecule has 2 aromatic rings. The standard InChI is InChI=1S/C10H4BrClN2O6S2/c11-8-5(12)1-4(3-13-8)22(19,20)7-2-6(10(15)16)21-9(7)14(17)18/h1-3H,(H,15,16). The summed E-state index contributed by atoms with van der Waals surface area (Å²) in [4.78, 5) is 23.1. The molecular formula is C10H4BrClN2O6S2. The Morgan fingerprint density at radius 2 is 2.09 bits per heavy atom. The predicted molar refractivity (Wildman–Crippen MR) is 80.3 cm³/mol. The molecule has 0 aliphatic carbocycles. The Kier molecular flexibility index (Phi) is 4.52. The minimum absolute atomic E-state index is 0.00239. The van der Waals surface area contributed by atoms with Crippen molar-refractivity contribution < 1.29 is 23.2 Å². The molecule has 12 heteroatoms. The Bertz CT molecular complexity index is 895. The molecule has 0 bridgehead atoms. The molecule has 0 fully saturated rings. The number of carboxylic acid groups (broad SMARTS) is 1. The highest BCUT2D eigenvalue weighted by atomic mass is 79.9. The minimum Gasteiger partial charge on any atom is -0.477 e. The number of nitrogens with zero attached hydrogens (tertiary/aromatic N) is 2. The summed E-state index contributed by atoms with van der Waals surface area (Å²) in [6, 6.07) is 1.81. The van der Waals surface area contributed by atoms with Crippen LogP contribution in [0.4, 0.5) is 5.00 Å². The van der Waals surface area contributed by atoms with Crippen molar-refractivity contribution in [1.29, 1.82) is 0 Å². The van der Waals surface area contributed by atoms with Crippen LogP contribution in [-0.4, -0.2) is 29.4 Å². The summed E-state index contributed by atoms with van der Waals surface area (Å²) in [6.07, 6.45) is 0.965. The molecule has 2 rings (SSSR count). The maximum absolute atomic E-state index is 12.5. The van der Waals surface area contributed by atoms with Gasteiger partial charge < -0.3 is 5.11 Å². The van der Waals surface area contributed by atoms with Crippen LogP contribution in [0.5, 0.6) is 0 Å². The van der Waals surface area contributed by atoms with E-state index in [0.29, 0.717) is 0 Å². The number of halogens is 2. The summed E-state index contributed by atoms with van der Waals surface area (Å²) in [7, 11) is -4.33. The lowest BCUT2D eigenvalue weighted by Gasteiger charge is -2.03. The molecule has 0 saturated carbocycles. The van der Waals surface area contributed by atoms with E-state index in [2.05, 4.69) is 20.9 Å². The van der Waals surface area contributed by atoms with E-state index in [1.165, 1.54) is 0 Å². The number of thiophene rings is 1. The van der Waals surface area contributed by atoms with E-state index in [4.69, 9.17) is 16.7 Å². The molecule has 0 aliphatic heterocycles. The first kappa shape index (κ1) is 16.8. The average molecular weight is 428 g/mol. The summed E-state index contributed by atoms with van der Waals surface area (Å²) in [5.41, 5.74) is 0. The quantitative estimate of drug-likeness (QED) is 0.451. The number of aromatic carboxylic acids is 1. The zero-order valence-corrected chi connectivity index (χ0v) is 14.2. The molecule has 0 saturated heterocycles. The second-order valence-electron chi connectivity index (χ2n) is 3.79. The maximum atomic E-state index is 12.5. The van der Waals surface area contributed by atoms with Gasteiger partial charge in [0.2, 0.25) is 9.84 Å². The number of aromatic nitrogens is 1. The lowest BCUT2D eigenvalue weighted by Crippen LogP contribution is -2.04. The summed E-state index contributed by atoms with van der Waals surface area (Å²) < 4.78 is 25.1. The number of hydrogen-bond donors (Lipinski definition) is 1. The third kappa shape index (κ3) is 2.97. The van der Waals surface area contributed by atoms with E-state index < -0.39 is 35.5 Å². The number of carboxylic acids is 1. The molecule has 0 spiro atoms. The molecule has 116 valence electrons. The van der Waals surface area contributed by atoms with Crippen molar-refractivity contribution >= 4 is 59.7 Å². The average Bonchev–Trinajstić information content (AvgIpc) is 2.88. The normalized spacial score (nSPS) is 11.4. The van der Waals surface area contributed by atoms with Crippen LogP contribution in [0.2, 0.25) is 5.02 Å². The van der Waals surface area contributed by atoms with Gasteiger partial charge in [0.05, 0.1) is 14.8 Å². The molecule has 1 N–H and O–H groups in total. The van der Waals surface area contributed by atoms with Gasteiger partial charge in [0, 0.05) is 6.20 Å². The van der Waals surface area contributed by atoms with Gasteiger partial charge in [-0.25, -0.2) is 18.2 Å². The van der Waals surface area contributed by atoms with Crippen LogP contribution < -0.4 is 0 Å². The van der Waals surface area contributed by atoms with Gasteiger partial charge in [0.25, 0.3) is 0 Å². The lowest BCUT2D eigenvalue weighted by molar-refractivity contribution is -0.383. The number of carbonyl (C=O) groups is 1. The van der Waals surface area contributed by atoms with Gasteiger partial charge in [0.1, 0.15) is 9.48 Å². The highest BCUT2D eigenvalue weighted by Crippen LogP contribution is 2.37. The van der Waals surface area contributed by atoms with Gasteiger partial charge in [-0.1, -0.05) is 22.9 Å². The largest absolute Gasteiger partial charge is 0.477 e. The molecule has 22 heavy (non-hydrogen) atoms. The first-order valence-corrected chi connectivity index (χ1v) is 8.69. The van der Waals surface area contributed by atoms with Crippen molar-refractivity contribution in [2.45, 2.75) is 9.79 Å². The molecule has 0 atom stereocenters. The molecule has 0 unspecified atom stereocenters. The van der Waals surface area contributed by atoms with Gasteiger partial charge >= 0.3 is 11.0 Å². The first-order chi connectivity index (χ1) is 10.1. The number of nitro groups is 1. The van der Waals surface area contributed by atoms with Crippen molar-refractivity contribution in [3.8, 4) is 0 Å². The van der Waals surface area contributed by atoms with Gasteiger partial charge in [0.15, 0.2) is 4.90 Å². The first-order valence-electron chi connectivity index (χ1n) is 5.22. The molecule has 0 amide bonds. The second kappa shape index (κ2) is 5.91. The van der Waals surface area contributed by atoms with Crippen molar-refractivity contribution in [2.75, 3.05) is 0 Å². The molecule has 2 aromatic heterocycles. The molecule has 0 aromatic carbocycles. The van der Waals surface area contributed by atoms with E-state index in [0.717, 1.165) is 18.3 Å². The highest BCUT2D eigenvalue weighted by molar-refractivity contribution is 9.10. The smallest absolute Gasteiger partial charge is 0.346 e. The Morgan fingerprint density at radius 1 is 1.45 bits per heavy atom. The number of rotatable bonds is 4.